The van der Waals surface area contributed by atoms with Gasteiger partial charge in [0.1, 0.15) is 0 Å². The van der Waals surface area contributed by atoms with Crippen LogP contribution in [0.15, 0.2) is 24.3 Å². The Hall–Kier alpha value is -1.15. The highest BCUT2D eigenvalue weighted by Crippen LogP contribution is 2.80. The van der Waals surface area contributed by atoms with E-state index in [9.17, 15) is 24.4 Å². The number of unbranched alkanes of at least 4 members (excludes halogenated alkanes) is 8. The van der Waals surface area contributed by atoms with E-state index in [1.165, 1.54) is 19.3 Å². The number of hydrogen-bond acceptors (Lipinski definition) is 8. The highest BCUT2D eigenvalue weighted by atomic mass is 31.2. The number of rotatable bonds is 17. The lowest BCUT2D eigenvalue weighted by molar-refractivity contribution is -0.405. The summed E-state index contributed by atoms with van der Waals surface area (Å²) in [5.74, 6) is -8.23. The first-order valence-electron chi connectivity index (χ1n) is 10.8. The molecule has 30 heavy (non-hydrogen) atoms. The van der Waals surface area contributed by atoms with Gasteiger partial charge in [0.2, 0.25) is 0 Å². The van der Waals surface area contributed by atoms with Crippen molar-refractivity contribution >= 4 is 19.4 Å². The van der Waals surface area contributed by atoms with E-state index in [1.807, 2.05) is 0 Å². The fraction of sp³-hybridized carbons (Fsp3) is 0.714. The van der Waals surface area contributed by atoms with E-state index in [0.717, 1.165) is 44.9 Å². The molecule has 9 heteroatoms. The Balaban J connectivity index is 1.46. The molecule has 3 aliphatic rings. The van der Waals surface area contributed by atoms with Crippen molar-refractivity contribution in [2.75, 3.05) is 0 Å². The van der Waals surface area contributed by atoms with E-state index in [4.69, 9.17) is 0 Å². The van der Waals surface area contributed by atoms with Gasteiger partial charge in [-0.1, -0.05) is 63.3 Å². The first-order chi connectivity index (χ1) is 14.3. The highest BCUT2D eigenvalue weighted by Gasteiger charge is 2.82. The standard InChI is InChI=1S/C21H33O8P/c1-2-3-4-5-6-7-8-9-10-11-12-13-14-15-16-17-18(22)20(24,25)19(23)21-27-30(26,28-21)29-21/h6-7,9-10,24-25H,2-5,8,11-17H2,1H3/b7-6-,10-9-. The van der Waals surface area contributed by atoms with E-state index in [2.05, 4.69) is 44.8 Å². The van der Waals surface area contributed by atoms with Crippen molar-refractivity contribution in [2.24, 2.45) is 0 Å². The number of allylic oxidation sites excluding steroid dienone is 4. The number of ketones is 2. The summed E-state index contributed by atoms with van der Waals surface area (Å²) >= 11 is 0. The number of Topliss-reactive ketones (excluding diaryl/α,β-unsaturated/α-hetero) is 2. The Kier molecular flexibility index (Phi) is 9.60. The third-order valence-corrected chi connectivity index (χ3v) is 6.43. The number of hydrogen-bond donors (Lipinski definition) is 2. The van der Waals surface area contributed by atoms with Crippen LogP contribution < -0.4 is 0 Å². The van der Waals surface area contributed by atoms with Crippen LogP contribution in [0.4, 0.5) is 0 Å². The molecule has 0 unspecified atom stereocenters. The molecule has 0 amide bonds. The molecule has 0 radical (unpaired) electrons. The van der Waals surface area contributed by atoms with Gasteiger partial charge in [-0.3, -0.25) is 9.59 Å². The van der Waals surface area contributed by atoms with Crippen LogP contribution in [0.1, 0.15) is 84.0 Å². The molecule has 3 fully saturated rings. The monoisotopic (exact) mass is 444 g/mol. The van der Waals surface area contributed by atoms with Crippen molar-refractivity contribution in [3.05, 3.63) is 24.3 Å². The Bertz CT molecular complexity index is 671. The first kappa shape index (κ1) is 25.1. The van der Waals surface area contributed by atoms with E-state index in [0.29, 0.717) is 6.42 Å². The van der Waals surface area contributed by atoms with Gasteiger partial charge in [0, 0.05) is 6.42 Å². The molecule has 3 rings (SSSR count). The molecular formula is C21H33O8P. The maximum absolute atomic E-state index is 12.0. The van der Waals surface area contributed by atoms with Crippen molar-refractivity contribution in [2.45, 2.75) is 95.7 Å². The smallest absolute Gasteiger partial charge is 0.354 e. The predicted octanol–water partition coefficient (Wildman–Crippen LogP) is 4.46. The zero-order chi connectivity index (χ0) is 22.1. The van der Waals surface area contributed by atoms with Crippen LogP contribution >= 0.6 is 7.82 Å². The van der Waals surface area contributed by atoms with E-state index in [-0.39, 0.29) is 6.42 Å². The quantitative estimate of drug-likeness (QED) is 0.111. The molecule has 0 saturated carbocycles. The molecular weight excluding hydrogens is 411 g/mol. The molecule has 0 spiro atoms. The zero-order valence-corrected chi connectivity index (χ0v) is 18.5. The van der Waals surface area contributed by atoms with Crippen molar-refractivity contribution in [1.82, 2.24) is 0 Å². The summed E-state index contributed by atoms with van der Waals surface area (Å²) in [6, 6.07) is 0. The summed E-state index contributed by atoms with van der Waals surface area (Å²) < 4.78 is 24.6. The number of carbonyl (C=O) groups excluding carboxylic acids is 2. The summed E-state index contributed by atoms with van der Waals surface area (Å²) in [6.45, 7) is 2.20. The summed E-state index contributed by atoms with van der Waals surface area (Å²) in [5.41, 5.74) is 0. The highest BCUT2D eigenvalue weighted by molar-refractivity contribution is 7.52. The van der Waals surface area contributed by atoms with Crippen LogP contribution in [0.2, 0.25) is 0 Å². The minimum Gasteiger partial charge on any atom is -0.354 e. The minimum atomic E-state index is -3.66. The van der Waals surface area contributed by atoms with Crippen LogP contribution in [0.25, 0.3) is 0 Å². The SMILES string of the molecule is CCCCC/C=C\C/C=C\CCCCCCCC(=O)C(O)(O)C(=O)C12OP(=O)(O1)O2. The summed E-state index contributed by atoms with van der Waals surface area (Å²) in [5, 5.41) is 19.6. The van der Waals surface area contributed by atoms with Gasteiger partial charge >= 0.3 is 13.8 Å². The van der Waals surface area contributed by atoms with Crippen LogP contribution in [-0.2, 0) is 27.7 Å². The van der Waals surface area contributed by atoms with Crippen molar-refractivity contribution < 1.29 is 37.9 Å². The first-order valence-corrected chi connectivity index (χ1v) is 12.3. The van der Waals surface area contributed by atoms with Gasteiger partial charge in [-0.2, -0.15) is 0 Å². The second kappa shape index (κ2) is 11.5. The lowest BCUT2D eigenvalue weighted by Gasteiger charge is -2.54. The summed E-state index contributed by atoms with van der Waals surface area (Å²) in [7, 11) is -3.66. The normalized spacial score (nSPS) is 25.4. The van der Waals surface area contributed by atoms with Gasteiger partial charge in [0.05, 0.1) is 0 Å². The molecule has 2 N–H and O–H groups in total. The molecule has 3 heterocycles. The predicted molar refractivity (Wildman–Crippen MR) is 110 cm³/mol. The second-order valence-electron chi connectivity index (χ2n) is 7.68. The average Bonchev–Trinajstić information content (AvgIpc) is 2.66. The van der Waals surface area contributed by atoms with Crippen molar-refractivity contribution in [3.63, 3.8) is 0 Å². The van der Waals surface area contributed by atoms with Crippen molar-refractivity contribution in [3.8, 4) is 0 Å². The molecule has 2 bridgehead atoms. The number of carbonyl (C=O) groups is 2. The number of phosphoric ester groups is 1. The molecule has 3 aliphatic heterocycles. The topological polar surface area (TPSA) is 119 Å². The van der Waals surface area contributed by atoms with Crippen LogP contribution in [0.5, 0.6) is 0 Å². The van der Waals surface area contributed by atoms with Gasteiger partial charge in [-0.15, -0.1) is 0 Å². The van der Waals surface area contributed by atoms with Crippen LogP contribution in [-0.4, -0.2) is 33.5 Å². The number of phosphoric acid groups is 1. The number of aliphatic hydroxyl groups is 2. The van der Waals surface area contributed by atoms with Crippen LogP contribution in [0.3, 0.4) is 0 Å². The lowest BCUT2D eigenvalue weighted by atomic mass is 9.99. The molecule has 0 aromatic rings. The third kappa shape index (κ3) is 6.67. The van der Waals surface area contributed by atoms with E-state index in [1.54, 1.807) is 0 Å². The van der Waals surface area contributed by atoms with E-state index < -0.39 is 31.1 Å². The van der Waals surface area contributed by atoms with Crippen molar-refractivity contribution in [1.29, 1.82) is 0 Å². The third-order valence-electron chi connectivity index (χ3n) is 5.03. The van der Waals surface area contributed by atoms with Gasteiger partial charge in [0.25, 0.3) is 11.6 Å². The van der Waals surface area contributed by atoms with E-state index >= 15 is 0 Å². The molecule has 8 nitrogen and oxygen atoms in total. The fourth-order valence-corrected chi connectivity index (χ4v) is 4.37. The fourth-order valence-electron chi connectivity index (χ4n) is 3.20. The van der Waals surface area contributed by atoms with Gasteiger partial charge in [-0.25, -0.2) is 18.1 Å². The molecule has 0 aromatic heterocycles. The van der Waals surface area contributed by atoms with Gasteiger partial charge in [-0.05, 0) is 38.5 Å². The Labute approximate surface area is 177 Å². The average molecular weight is 444 g/mol. The second-order valence-corrected chi connectivity index (χ2v) is 9.12. The molecule has 0 aromatic carbocycles. The minimum absolute atomic E-state index is 0.170. The maximum atomic E-state index is 12.0. The molecule has 0 atom stereocenters. The summed E-state index contributed by atoms with van der Waals surface area (Å²) in [6.07, 6.45) is 19.7. The van der Waals surface area contributed by atoms with Crippen LogP contribution in [0, 0.1) is 0 Å². The van der Waals surface area contributed by atoms with Gasteiger partial charge in [0.15, 0.2) is 5.78 Å². The maximum Gasteiger partial charge on any atom is 0.489 e. The lowest BCUT2D eigenvalue weighted by Crippen LogP contribution is -2.69. The Morgan fingerprint density at radius 2 is 1.40 bits per heavy atom. The molecule has 3 saturated heterocycles. The largest absolute Gasteiger partial charge is 0.489 e. The Morgan fingerprint density at radius 3 is 1.97 bits per heavy atom. The Morgan fingerprint density at radius 1 is 0.867 bits per heavy atom. The molecule has 170 valence electrons. The molecule has 0 aliphatic carbocycles. The zero-order valence-electron chi connectivity index (χ0n) is 17.6. The summed E-state index contributed by atoms with van der Waals surface area (Å²) in [4.78, 5) is 23.9. The van der Waals surface area contributed by atoms with Gasteiger partial charge < -0.3 is 10.2 Å².